The molecule has 18 heavy (non-hydrogen) atoms. The summed E-state index contributed by atoms with van der Waals surface area (Å²) in [5.74, 6) is 1.01. The van der Waals surface area contributed by atoms with E-state index < -0.39 is 7.38 Å². The van der Waals surface area contributed by atoms with Gasteiger partial charge in [-0.1, -0.05) is 52.8 Å². The maximum absolute atomic E-state index is 6.90. The fourth-order valence-corrected chi connectivity index (χ4v) is 5.08. The van der Waals surface area contributed by atoms with E-state index in [0.717, 1.165) is 17.8 Å². The molecule has 0 amide bonds. The molecule has 0 radical (unpaired) electrons. The van der Waals surface area contributed by atoms with Crippen molar-refractivity contribution in [3.8, 4) is 5.75 Å². The van der Waals surface area contributed by atoms with Crippen molar-refractivity contribution < 1.29 is 4.74 Å². The summed E-state index contributed by atoms with van der Waals surface area (Å²) in [5.41, 5.74) is 1.33. The Bertz CT molecular complexity index is 405. The van der Waals surface area contributed by atoms with Crippen LogP contribution in [0.4, 0.5) is 0 Å². The average molecular weight is 285 g/mol. The van der Waals surface area contributed by atoms with E-state index in [4.69, 9.17) is 15.8 Å². The molecule has 0 aromatic heterocycles. The van der Waals surface area contributed by atoms with Gasteiger partial charge in [-0.2, -0.15) is 11.1 Å². The molecule has 3 heteroatoms. The zero-order chi connectivity index (χ0) is 14.0. The van der Waals surface area contributed by atoms with Gasteiger partial charge in [-0.15, -0.1) is 0 Å². The Hall–Kier alpha value is -0.473. The molecule has 1 aromatic carbocycles. The highest BCUT2D eigenvalue weighted by Gasteiger charge is 2.34. The lowest BCUT2D eigenvalue weighted by Crippen LogP contribution is -2.42. The second-order valence-corrected chi connectivity index (χ2v) is 11.9. The highest BCUT2D eigenvalue weighted by Crippen LogP contribution is 2.33. The van der Waals surface area contributed by atoms with Crippen LogP contribution >= 0.6 is 11.1 Å². The minimum absolute atomic E-state index is 0.0784. The van der Waals surface area contributed by atoms with Crippen LogP contribution < -0.4 is 9.92 Å². The Kier molecular flexibility index (Phi) is 4.90. The Balaban J connectivity index is 3.47. The fraction of sp³-hybridized carbons (Fsp3) is 0.600. The summed E-state index contributed by atoms with van der Waals surface area (Å²) in [6, 6.07) is 8.50. The molecule has 0 atom stereocenters. The number of hydrogen-bond acceptors (Lipinski definition) is 1. The van der Waals surface area contributed by atoms with Gasteiger partial charge in [0.05, 0.1) is 7.11 Å². The zero-order valence-electron chi connectivity index (χ0n) is 12.4. The molecule has 0 saturated heterocycles. The molecule has 0 fully saturated rings. The highest BCUT2D eigenvalue weighted by atomic mass is 35.6. The Morgan fingerprint density at radius 2 is 1.72 bits per heavy atom. The number of methoxy groups -OCH3 is 1. The SMILES string of the molecule is CC[Si](Cl)(CC)c1cccc(C(C)(C)C)c1OC. The van der Waals surface area contributed by atoms with Gasteiger partial charge in [0.1, 0.15) is 5.75 Å². The third kappa shape index (κ3) is 2.92. The largest absolute Gasteiger partial charge is 0.497 e. The summed E-state index contributed by atoms with van der Waals surface area (Å²) < 4.78 is 5.70. The monoisotopic (exact) mass is 284 g/mol. The van der Waals surface area contributed by atoms with Gasteiger partial charge in [-0.25, -0.2) is 0 Å². The molecule has 0 unspecified atom stereocenters. The normalized spacial score (nSPS) is 12.6. The van der Waals surface area contributed by atoms with Crippen molar-refractivity contribution in [3.63, 3.8) is 0 Å². The molecule has 0 aliphatic carbocycles. The number of benzene rings is 1. The van der Waals surface area contributed by atoms with Crippen LogP contribution in [0.1, 0.15) is 40.2 Å². The minimum Gasteiger partial charge on any atom is -0.497 e. The second kappa shape index (κ2) is 5.66. The number of para-hydroxylation sites is 1. The average Bonchev–Trinajstić information content (AvgIpc) is 2.35. The Labute approximate surface area is 117 Å². The lowest BCUT2D eigenvalue weighted by Gasteiger charge is -2.29. The number of hydrogen-bond donors (Lipinski definition) is 0. The van der Waals surface area contributed by atoms with E-state index >= 15 is 0 Å². The molecule has 0 N–H and O–H groups in total. The van der Waals surface area contributed by atoms with Crippen molar-refractivity contribution in [1.29, 1.82) is 0 Å². The van der Waals surface area contributed by atoms with Crippen molar-refractivity contribution in [2.75, 3.05) is 7.11 Å². The van der Waals surface area contributed by atoms with E-state index in [2.05, 4.69) is 52.8 Å². The summed E-state index contributed by atoms with van der Waals surface area (Å²) in [6.45, 7) is 11.0. The first-order valence-electron chi connectivity index (χ1n) is 6.67. The van der Waals surface area contributed by atoms with E-state index in [1.54, 1.807) is 7.11 Å². The molecule has 102 valence electrons. The van der Waals surface area contributed by atoms with Gasteiger partial charge in [0.2, 0.25) is 0 Å². The summed E-state index contributed by atoms with van der Waals surface area (Å²) in [6.07, 6.45) is 0. The fourth-order valence-electron chi connectivity index (χ4n) is 2.33. The number of halogens is 1. The summed E-state index contributed by atoms with van der Waals surface area (Å²) >= 11 is 6.90. The Morgan fingerprint density at radius 3 is 2.11 bits per heavy atom. The van der Waals surface area contributed by atoms with Crippen molar-refractivity contribution in [1.82, 2.24) is 0 Å². The van der Waals surface area contributed by atoms with Crippen LogP contribution in [-0.4, -0.2) is 14.5 Å². The van der Waals surface area contributed by atoms with Crippen LogP contribution in [0.3, 0.4) is 0 Å². The molecule has 0 heterocycles. The van der Waals surface area contributed by atoms with E-state index in [0.29, 0.717) is 0 Å². The first-order chi connectivity index (χ1) is 8.30. The van der Waals surface area contributed by atoms with Gasteiger partial charge in [-0.05, 0) is 28.3 Å². The number of ether oxygens (including phenoxy) is 1. The van der Waals surface area contributed by atoms with Crippen LogP contribution in [0, 0.1) is 0 Å². The van der Waals surface area contributed by atoms with Gasteiger partial charge < -0.3 is 4.74 Å². The predicted octanol–water partition coefficient (Wildman–Crippen LogP) is 4.42. The lowest BCUT2D eigenvalue weighted by atomic mass is 9.86. The third-order valence-corrected chi connectivity index (χ3v) is 9.45. The number of rotatable bonds is 4. The third-order valence-electron chi connectivity index (χ3n) is 3.63. The molecule has 0 spiro atoms. The van der Waals surface area contributed by atoms with Crippen LogP contribution in [0.5, 0.6) is 5.75 Å². The van der Waals surface area contributed by atoms with E-state index in [1.807, 2.05) is 0 Å². The van der Waals surface area contributed by atoms with Crippen LogP contribution in [0.15, 0.2) is 18.2 Å². The molecule has 0 aliphatic rings. The molecule has 0 aliphatic heterocycles. The van der Waals surface area contributed by atoms with E-state index in [-0.39, 0.29) is 5.41 Å². The zero-order valence-corrected chi connectivity index (χ0v) is 14.2. The van der Waals surface area contributed by atoms with Crippen molar-refractivity contribution in [2.24, 2.45) is 0 Å². The molecular weight excluding hydrogens is 260 g/mol. The molecule has 0 saturated carbocycles. The minimum atomic E-state index is -1.90. The topological polar surface area (TPSA) is 9.23 Å². The van der Waals surface area contributed by atoms with Gasteiger partial charge in [0.25, 0.3) is 0 Å². The molecule has 0 bridgehead atoms. The van der Waals surface area contributed by atoms with Gasteiger partial charge in [0, 0.05) is 0 Å². The van der Waals surface area contributed by atoms with Crippen LogP contribution in [0.2, 0.25) is 12.1 Å². The van der Waals surface area contributed by atoms with E-state index in [1.165, 1.54) is 10.8 Å². The quantitative estimate of drug-likeness (QED) is 0.587. The van der Waals surface area contributed by atoms with Crippen LogP contribution in [0.25, 0.3) is 0 Å². The molecule has 1 rings (SSSR count). The Morgan fingerprint density at radius 1 is 1.17 bits per heavy atom. The summed E-state index contributed by atoms with van der Waals surface area (Å²) in [5, 5.41) is 1.25. The molecule has 1 aromatic rings. The maximum atomic E-state index is 6.90. The standard InChI is InChI=1S/C15H25ClOSi/c1-7-18(16,8-2)13-11-9-10-12(14(13)17-6)15(3,4)5/h9-11H,7-8H2,1-6H3. The van der Waals surface area contributed by atoms with Crippen molar-refractivity contribution in [3.05, 3.63) is 23.8 Å². The first-order valence-corrected chi connectivity index (χ1v) is 10.1. The molecular formula is C15H25ClOSi. The first kappa shape index (κ1) is 15.6. The second-order valence-electron chi connectivity index (χ2n) is 5.81. The van der Waals surface area contributed by atoms with Crippen LogP contribution in [-0.2, 0) is 5.41 Å². The summed E-state index contributed by atoms with van der Waals surface area (Å²) in [7, 11) is -0.147. The van der Waals surface area contributed by atoms with Gasteiger partial charge >= 0.3 is 0 Å². The highest BCUT2D eigenvalue weighted by molar-refractivity contribution is 7.27. The van der Waals surface area contributed by atoms with E-state index in [9.17, 15) is 0 Å². The predicted molar refractivity (Wildman–Crippen MR) is 83.9 cm³/mol. The molecule has 1 nitrogen and oxygen atoms in total. The van der Waals surface area contributed by atoms with Crippen molar-refractivity contribution >= 4 is 23.6 Å². The van der Waals surface area contributed by atoms with Gasteiger partial charge in [0.15, 0.2) is 7.38 Å². The lowest BCUT2D eigenvalue weighted by molar-refractivity contribution is 0.400. The summed E-state index contributed by atoms with van der Waals surface area (Å²) in [4.78, 5) is 0. The smallest absolute Gasteiger partial charge is 0.190 e. The van der Waals surface area contributed by atoms with Crippen molar-refractivity contribution in [2.45, 2.75) is 52.1 Å². The maximum Gasteiger partial charge on any atom is 0.190 e. The van der Waals surface area contributed by atoms with Gasteiger partial charge in [-0.3, -0.25) is 0 Å².